The summed E-state index contributed by atoms with van der Waals surface area (Å²) in [5.74, 6) is 0. The van der Waals surface area contributed by atoms with Crippen LogP contribution in [0.1, 0.15) is 130 Å². The van der Waals surface area contributed by atoms with Gasteiger partial charge in [0.1, 0.15) is 0 Å². The van der Waals surface area contributed by atoms with E-state index in [-0.39, 0.29) is 16.5 Å². The summed E-state index contributed by atoms with van der Waals surface area (Å²) < 4.78 is 0. The van der Waals surface area contributed by atoms with Crippen molar-refractivity contribution in [3.8, 4) is 0 Å². The predicted molar refractivity (Wildman–Crippen MR) is 194 cm³/mol. The Morgan fingerprint density at radius 3 is 0.805 bits per heavy atom. The van der Waals surface area contributed by atoms with Gasteiger partial charge < -0.3 is 0 Å². The molecule has 0 aliphatic heterocycles. The molecule has 2 rings (SSSR count). The maximum atomic E-state index is 2.31. The summed E-state index contributed by atoms with van der Waals surface area (Å²) >= 11 is 0. The topological polar surface area (TPSA) is 0 Å². The fourth-order valence-electron chi connectivity index (χ4n) is 4.28. The molecule has 0 saturated heterocycles. The molecule has 0 N–H and O–H groups in total. The van der Waals surface area contributed by atoms with E-state index in [1.54, 1.807) is 37.0 Å². The largest absolute Gasteiger partial charge is 0.107 e. The number of unbranched alkanes of at least 4 members (excludes halogenated alkanes) is 6. The molecule has 0 spiro atoms. The molecule has 0 unspecified atom stereocenters. The molecule has 0 nitrogen and oxygen atoms in total. The van der Waals surface area contributed by atoms with E-state index in [4.69, 9.17) is 0 Å². The van der Waals surface area contributed by atoms with Gasteiger partial charge in [-0.3, -0.25) is 0 Å². The Kier molecular flexibility index (Phi) is 35.4. The van der Waals surface area contributed by atoms with Crippen molar-refractivity contribution in [3.63, 3.8) is 0 Å². The van der Waals surface area contributed by atoms with Gasteiger partial charge in [0.05, 0.1) is 0 Å². The van der Waals surface area contributed by atoms with E-state index < -0.39 is 0 Å². The molecule has 0 heterocycles. The first-order valence-corrected chi connectivity index (χ1v) is 20.7. The Morgan fingerprint density at radius 2 is 0.610 bits per heavy atom. The fraction of sp³-hybridized carbons (Fsp3) is 0.632. The van der Waals surface area contributed by atoms with E-state index >= 15 is 0 Å². The Balaban J connectivity index is 0. The van der Waals surface area contributed by atoms with Crippen molar-refractivity contribution in [1.82, 2.24) is 0 Å². The minimum Gasteiger partial charge on any atom is -0.107 e. The summed E-state index contributed by atoms with van der Waals surface area (Å²) in [7, 11) is 0.843. The van der Waals surface area contributed by atoms with Gasteiger partial charge in [-0.1, -0.05) is 153 Å². The van der Waals surface area contributed by atoms with Crippen LogP contribution in [0.15, 0.2) is 60.7 Å². The van der Waals surface area contributed by atoms with Gasteiger partial charge in [0, 0.05) is 16.5 Å². The van der Waals surface area contributed by atoms with E-state index in [9.17, 15) is 0 Å². The molecule has 0 aliphatic carbocycles. The first-order chi connectivity index (χ1) is 19.6. The molecule has 0 aromatic heterocycles. The molecule has 0 atom stereocenters. The van der Waals surface area contributed by atoms with Crippen molar-refractivity contribution in [1.29, 1.82) is 0 Å². The second-order valence-corrected chi connectivity index (χ2v) is 16.3. The smallest absolute Gasteiger partial charge is 0 e. The van der Waals surface area contributed by atoms with Crippen molar-refractivity contribution in [3.05, 3.63) is 71.8 Å². The first kappa shape index (κ1) is 42.7. The van der Waals surface area contributed by atoms with E-state index in [1.165, 1.54) is 88.2 Å². The van der Waals surface area contributed by atoms with Gasteiger partial charge in [-0.15, -0.1) is 15.8 Å². The molecule has 0 fully saturated rings. The van der Waals surface area contributed by atoms with Crippen LogP contribution < -0.4 is 0 Å². The normalized spacial score (nSPS) is 10.6. The van der Waals surface area contributed by atoms with E-state index in [1.807, 2.05) is 36.4 Å². The van der Waals surface area contributed by atoms with Crippen LogP contribution in [0.25, 0.3) is 12.2 Å². The van der Waals surface area contributed by atoms with Gasteiger partial charge in [0.15, 0.2) is 0 Å². The van der Waals surface area contributed by atoms with E-state index in [0.717, 1.165) is 0 Å². The van der Waals surface area contributed by atoms with Crippen LogP contribution in [0.2, 0.25) is 0 Å². The van der Waals surface area contributed by atoms with Crippen LogP contribution in [0.5, 0.6) is 0 Å². The molecule has 41 heavy (non-hydrogen) atoms. The van der Waals surface area contributed by atoms with Crippen LogP contribution in [0, 0.1) is 0 Å². The molecule has 238 valence electrons. The summed E-state index contributed by atoms with van der Waals surface area (Å²) in [6, 6.07) is 20.6. The van der Waals surface area contributed by atoms with Crippen molar-refractivity contribution in [2.45, 2.75) is 119 Å². The van der Waals surface area contributed by atoms with Crippen molar-refractivity contribution >= 4 is 28.0 Å². The van der Waals surface area contributed by atoms with Crippen LogP contribution in [0.3, 0.4) is 0 Å². The van der Waals surface area contributed by atoms with E-state index in [0.29, 0.717) is 15.8 Å². The minimum absolute atomic E-state index is 0. The van der Waals surface area contributed by atoms with Crippen LogP contribution in [-0.4, -0.2) is 37.0 Å². The molecule has 3 heteroatoms. The standard InChI is InChI=1S/C14H12.2C12H27P.Ni/c1-3-7-13(8-4-1)11-12-14-9-5-2-6-10-14;2*1-4-7-10-13(11-8-5-2)12-9-6-3;/h1-12H;2*4-12H2,1-3H3;/b12-11+;;;. The van der Waals surface area contributed by atoms with Crippen LogP contribution in [-0.2, 0) is 16.5 Å². The van der Waals surface area contributed by atoms with Crippen molar-refractivity contribution in [2.75, 3.05) is 37.0 Å². The monoisotopic (exact) mass is 642 g/mol. The van der Waals surface area contributed by atoms with Crippen molar-refractivity contribution < 1.29 is 16.5 Å². The third-order valence-corrected chi connectivity index (χ3v) is 12.7. The molecule has 2 aromatic carbocycles. The van der Waals surface area contributed by atoms with Gasteiger partial charge in [0.2, 0.25) is 0 Å². The zero-order valence-corrected chi connectivity index (χ0v) is 30.6. The van der Waals surface area contributed by atoms with Gasteiger partial charge >= 0.3 is 0 Å². The zero-order chi connectivity index (χ0) is 29.5. The van der Waals surface area contributed by atoms with Crippen LogP contribution in [0.4, 0.5) is 0 Å². The quantitative estimate of drug-likeness (QED) is 0.0765. The molecule has 0 bridgehead atoms. The number of hydrogen-bond donors (Lipinski definition) is 0. The average molecular weight is 644 g/mol. The third-order valence-electron chi connectivity index (χ3n) is 7.03. The van der Waals surface area contributed by atoms with Gasteiger partial charge in [0.25, 0.3) is 0 Å². The summed E-state index contributed by atoms with van der Waals surface area (Å²) in [5.41, 5.74) is 2.47. The second kappa shape index (κ2) is 34.0. The van der Waals surface area contributed by atoms with E-state index in [2.05, 4.69) is 78.0 Å². The molecule has 0 radical (unpaired) electrons. The first-order valence-electron chi connectivity index (χ1n) is 16.9. The summed E-state index contributed by atoms with van der Waals surface area (Å²) in [4.78, 5) is 0. The summed E-state index contributed by atoms with van der Waals surface area (Å²) in [6.45, 7) is 13.9. The maximum Gasteiger partial charge on any atom is 0 e. The average Bonchev–Trinajstić information content (AvgIpc) is 3.01. The maximum absolute atomic E-state index is 2.31. The SMILES string of the molecule is C(=C\c1ccccc1)/c1ccccc1.CCCCP(CCCC)CCCC.CCCCP(CCCC)CCCC.[Ni]. The Labute approximate surface area is 270 Å². The summed E-state index contributed by atoms with van der Waals surface area (Å²) in [5, 5.41) is 0. The Hall–Kier alpha value is -0.466. The number of hydrogen-bond acceptors (Lipinski definition) is 0. The van der Waals surface area contributed by atoms with Crippen LogP contribution >= 0.6 is 15.8 Å². The fourth-order valence-corrected chi connectivity index (χ4v) is 10.2. The van der Waals surface area contributed by atoms with Gasteiger partial charge in [-0.05, 0) is 86.6 Å². The second-order valence-electron chi connectivity index (χ2n) is 11.0. The van der Waals surface area contributed by atoms with Gasteiger partial charge in [-0.25, -0.2) is 0 Å². The third kappa shape index (κ3) is 28.1. The minimum atomic E-state index is 0. The summed E-state index contributed by atoms with van der Waals surface area (Å²) in [6.07, 6.45) is 30.7. The number of benzene rings is 2. The molecule has 0 aliphatic rings. The molecule has 0 saturated carbocycles. The van der Waals surface area contributed by atoms with Crippen molar-refractivity contribution in [2.24, 2.45) is 0 Å². The molecule has 0 amide bonds. The molecule has 2 aromatic rings. The zero-order valence-electron chi connectivity index (χ0n) is 27.9. The Morgan fingerprint density at radius 1 is 0.390 bits per heavy atom. The number of rotatable bonds is 20. The Bertz CT molecular complexity index is 659. The molecular formula is C38H66NiP2. The predicted octanol–water partition coefficient (Wildman–Crippen LogP) is 13.6. The molecular weight excluding hydrogens is 577 g/mol. The van der Waals surface area contributed by atoms with Gasteiger partial charge in [-0.2, -0.15) is 0 Å².